The smallest absolute Gasteiger partial charge is 0.0622 e. The second kappa shape index (κ2) is 7.24. The van der Waals surface area contributed by atoms with Gasteiger partial charge in [0.25, 0.3) is 0 Å². The van der Waals surface area contributed by atoms with Crippen LogP contribution in [0, 0.1) is 0 Å². The lowest BCUT2D eigenvalue weighted by molar-refractivity contribution is 0.0130. The molecule has 0 aromatic rings. The molecule has 1 atom stereocenters. The predicted molar refractivity (Wildman–Crippen MR) is 62.7 cm³/mol. The molecule has 0 bridgehead atoms. The molecule has 0 saturated heterocycles. The van der Waals surface area contributed by atoms with Crippen LogP contribution in [0.1, 0.15) is 53.4 Å². The highest BCUT2D eigenvalue weighted by Gasteiger charge is 2.16. The molecule has 0 aromatic heterocycles. The van der Waals surface area contributed by atoms with Gasteiger partial charge in [0.1, 0.15) is 0 Å². The van der Waals surface area contributed by atoms with Crippen LogP contribution in [0.2, 0.25) is 0 Å². The highest BCUT2D eigenvalue weighted by molar-refractivity contribution is 4.70. The SMILES string of the molecule is CCNC(CC)CCCC(C)(C)OC. The largest absolute Gasteiger partial charge is 0.379 e. The number of ether oxygens (including phenoxy) is 1. The zero-order valence-corrected chi connectivity index (χ0v) is 10.5. The number of hydrogen-bond acceptors (Lipinski definition) is 2. The van der Waals surface area contributed by atoms with Gasteiger partial charge in [-0.15, -0.1) is 0 Å². The second-order valence-electron chi connectivity index (χ2n) is 4.52. The Labute approximate surface area is 89.4 Å². The summed E-state index contributed by atoms with van der Waals surface area (Å²) in [5.74, 6) is 0. The molecule has 0 radical (unpaired) electrons. The Morgan fingerprint density at radius 2 is 1.93 bits per heavy atom. The summed E-state index contributed by atoms with van der Waals surface area (Å²) in [5.41, 5.74) is 0.0461. The molecule has 0 rings (SSSR count). The minimum Gasteiger partial charge on any atom is -0.379 e. The lowest BCUT2D eigenvalue weighted by Crippen LogP contribution is -2.29. The fourth-order valence-electron chi connectivity index (χ4n) is 1.62. The molecule has 0 aliphatic rings. The van der Waals surface area contributed by atoms with Crippen molar-refractivity contribution in [1.29, 1.82) is 0 Å². The molecule has 86 valence electrons. The van der Waals surface area contributed by atoms with Crippen LogP contribution >= 0.6 is 0 Å². The molecule has 2 nitrogen and oxygen atoms in total. The Hall–Kier alpha value is -0.0800. The van der Waals surface area contributed by atoms with Gasteiger partial charge < -0.3 is 10.1 Å². The molecule has 1 unspecified atom stereocenters. The van der Waals surface area contributed by atoms with Crippen LogP contribution in [0.3, 0.4) is 0 Å². The van der Waals surface area contributed by atoms with Crippen molar-refractivity contribution in [1.82, 2.24) is 5.32 Å². The molecule has 14 heavy (non-hydrogen) atoms. The van der Waals surface area contributed by atoms with Gasteiger partial charge in [-0.05, 0) is 46.1 Å². The van der Waals surface area contributed by atoms with Gasteiger partial charge in [-0.1, -0.05) is 13.8 Å². The van der Waals surface area contributed by atoms with Crippen LogP contribution in [-0.4, -0.2) is 25.3 Å². The first kappa shape index (κ1) is 13.9. The van der Waals surface area contributed by atoms with E-state index in [1.165, 1.54) is 19.3 Å². The summed E-state index contributed by atoms with van der Waals surface area (Å²) in [6.07, 6.45) is 4.87. The summed E-state index contributed by atoms with van der Waals surface area (Å²) in [4.78, 5) is 0. The summed E-state index contributed by atoms with van der Waals surface area (Å²) in [7, 11) is 1.79. The lowest BCUT2D eigenvalue weighted by Gasteiger charge is -2.24. The zero-order valence-electron chi connectivity index (χ0n) is 10.5. The molecular weight excluding hydrogens is 174 g/mol. The molecule has 0 aliphatic carbocycles. The van der Waals surface area contributed by atoms with Crippen LogP contribution in [0.5, 0.6) is 0 Å². The Bertz CT molecular complexity index is 134. The average molecular weight is 201 g/mol. The van der Waals surface area contributed by atoms with Crippen LogP contribution < -0.4 is 5.32 Å². The molecule has 0 fully saturated rings. The molecular formula is C12H27NO. The molecule has 2 heteroatoms. The first-order chi connectivity index (χ1) is 6.55. The van der Waals surface area contributed by atoms with Crippen LogP contribution in [-0.2, 0) is 4.74 Å². The maximum atomic E-state index is 5.39. The van der Waals surface area contributed by atoms with Gasteiger partial charge in [0.15, 0.2) is 0 Å². The van der Waals surface area contributed by atoms with Gasteiger partial charge in [-0.3, -0.25) is 0 Å². The van der Waals surface area contributed by atoms with E-state index >= 15 is 0 Å². The third-order valence-electron chi connectivity index (χ3n) is 2.87. The second-order valence-corrected chi connectivity index (χ2v) is 4.52. The van der Waals surface area contributed by atoms with E-state index in [4.69, 9.17) is 4.74 Å². The third-order valence-corrected chi connectivity index (χ3v) is 2.87. The summed E-state index contributed by atoms with van der Waals surface area (Å²) in [6.45, 7) is 9.80. The Morgan fingerprint density at radius 3 is 2.36 bits per heavy atom. The van der Waals surface area contributed by atoms with E-state index in [1.54, 1.807) is 7.11 Å². The summed E-state index contributed by atoms with van der Waals surface area (Å²) >= 11 is 0. The lowest BCUT2D eigenvalue weighted by atomic mass is 9.98. The predicted octanol–water partition coefficient (Wildman–Crippen LogP) is 2.97. The van der Waals surface area contributed by atoms with Crippen molar-refractivity contribution in [2.24, 2.45) is 0 Å². The summed E-state index contributed by atoms with van der Waals surface area (Å²) < 4.78 is 5.39. The third kappa shape index (κ3) is 6.39. The van der Waals surface area contributed by atoms with E-state index in [9.17, 15) is 0 Å². The van der Waals surface area contributed by atoms with Crippen molar-refractivity contribution in [3.05, 3.63) is 0 Å². The van der Waals surface area contributed by atoms with Crippen molar-refractivity contribution in [3.8, 4) is 0 Å². The quantitative estimate of drug-likeness (QED) is 0.652. The van der Waals surface area contributed by atoms with Crippen molar-refractivity contribution < 1.29 is 4.74 Å². The van der Waals surface area contributed by atoms with E-state index in [0.717, 1.165) is 13.0 Å². The molecule has 0 aromatic carbocycles. The number of hydrogen-bond donors (Lipinski definition) is 1. The molecule has 1 N–H and O–H groups in total. The van der Waals surface area contributed by atoms with Gasteiger partial charge in [0.2, 0.25) is 0 Å². The summed E-state index contributed by atoms with van der Waals surface area (Å²) in [5, 5.41) is 3.50. The first-order valence-electron chi connectivity index (χ1n) is 5.84. The number of nitrogens with one attached hydrogen (secondary N) is 1. The minimum absolute atomic E-state index is 0.0461. The fourth-order valence-corrected chi connectivity index (χ4v) is 1.62. The highest BCUT2D eigenvalue weighted by Crippen LogP contribution is 2.17. The van der Waals surface area contributed by atoms with Crippen LogP contribution in [0.15, 0.2) is 0 Å². The topological polar surface area (TPSA) is 21.3 Å². The van der Waals surface area contributed by atoms with Crippen LogP contribution in [0.25, 0.3) is 0 Å². The van der Waals surface area contributed by atoms with Crippen molar-refractivity contribution in [3.63, 3.8) is 0 Å². The monoisotopic (exact) mass is 201 g/mol. The maximum absolute atomic E-state index is 5.39. The zero-order chi connectivity index (χ0) is 11.0. The van der Waals surface area contributed by atoms with Gasteiger partial charge in [0, 0.05) is 13.2 Å². The standard InChI is InChI=1S/C12H27NO/c1-6-11(13-7-2)9-8-10-12(3,4)14-5/h11,13H,6-10H2,1-5H3. The number of rotatable bonds is 8. The van der Waals surface area contributed by atoms with Gasteiger partial charge in [-0.2, -0.15) is 0 Å². The van der Waals surface area contributed by atoms with Gasteiger partial charge >= 0.3 is 0 Å². The van der Waals surface area contributed by atoms with E-state index in [1.807, 2.05) is 0 Å². The average Bonchev–Trinajstić information content (AvgIpc) is 2.16. The highest BCUT2D eigenvalue weighted by atomic mass is 16.5. The first-order valence-corrected chi connectivity index (χ1v) is 5.84. The fraction of sp³-hybridized carbons (Fsp3) is 1.00. The molecule has 0 amide bonds. The van der Waals surface area contributed by atoms with E-state index in [0.29, 0.717) is 6.04 Å². The normalized spacial score (nSPS) is 14.4. The van der Waals surface area contributed by atoms with Gasteiger partial charge in [0.05, 0.1) is 5.60 Å². The number of methoxy groups -OCH3 is 1. The Balaban J connectivity index is 3.60. The molecule has 0 aliphatic heterocycles. The molecule has 0 saturated carbocycles. The Morgan fingerprint density at radius 1 is 1.29 bits per heavy atom. The van der Waals surface area contributed by atoms with Crippen molar-refractivity contribution in [2.75, 3.05) is 13.7 Å². The minimum atomic E-state index is 0.0461. The van der Waals surface area contributed by atoms with E-state index in [-0.39, 0.29) is 5.60 Å². The van der Waals surface area contributed by atoms with E-state index < -0.39 is 0 Å². The molecule has 0 heterocycles. The summed E-state index contributed by atoms with van der Waals surface area (Å²) in [6, 6.07) is 0.688. The van der Waals surface area contributed by atoms with Crippen molar-refractivity contribution in [2.45, 2.75) is 65.0 Å². The van der Waals surface area contributed by atoms with Gasteiger partial charge in [-0.25, -0.2) is 0 Å². The van der Waals surface area contributed by atoms with E-state index in [2.05, 4.69) is 33.0 Å². The van der Waals surface area contributed by atoms with Crippen molar-refractivity contribution >= 4 is 0 Å². The Kier molecular flexibility index (Phi) is 7.20. The maximum Gasteiger partial charge on any atom is 0.0622 e. The van der Waals surface area contributed by atoms with Crippen LogP contribution in [0.4, 0.5) is 0 Å². The molecule has 0 spiro atoms.